The number of nitriles is 1. The Kier molecular flexibility index (Phi) is 4.00. The first-order chi connectivity index (χ1) is 9.95. The quantitative estimate of drug-likeness (QED) is 0.907. The van der Waals surface area contributed by atoms with Gasteiger partial charge in [0, 0.05) is 11.1 Å². The fraction of sp³-hybridized carbons (Fsp3) is 0.143. The Morgan fingerprint density at radius 1 is 1.43 bits per heavy atom. The predicted molar refractivity (Wildman–Crippen MR) is 77.7 cm³/mol. The lowest BCUT2D eigenvalue weighted by molar-refractivity contribution is 0.0691. The van der Waals surface area contributed by atoms with Crippen molar-refractivity contribution in [3.8, 4) is 6.07 Å². The van der Waals surface area contributed by atoms with Crippen LogP contribution in [-0.2, 0) is 0 Å². The number of carbonyl (C=O) groups is 2. The molecule has 106 valence electrons. The van der Waals surface area contributed by atoms with Crippen LogP contribution in [0.15, 0.2) is 18.3 Å². The largest absolute Gasteiger partial charge is 0.478 e. The lowest BCUT2D eigenvalue weighted by atomic mass is 10.1. The first-order valence-electron chi connectivity index (χ1n) is 5.95. The molecule has 7 heteroatoms. The molecule has 0 aromatic carbocycles. The molecule has 0 bridgehead atoms. The zero-order valence-corrected chi connectivity index (χ0v) is 12.1. The average molecular weight is 301 g/mol. The molecule has 0 aliphatic carbocycles. The summed E-state index contributed by atoms with van der Waals surface area (Å²) in [7, 11) is 0. The Morgan fingerprint density at radius 3 is 2.76 bits per heavy atom. The first kappa shape index (κ1) is 14.7. The van der Waals surface area contributed by atoms with E-state index in [0.717, 1.165) is 10.4 Å². The van der Waals surface area contributed by atoms with E-state index >= 15 is 0 Å². The maximum Gasteiger partial charge on any atom is 0.338 e. The minimum absolute atomic E-state index is 0.182. The number of carboxylic acid groups (broad SMARTS) is 1. The summed E-state index contributed by atoms with van der Waals surface area (Å²) < 4.78 is 0. The molecular weight excluding hydrogens is 290 g/mol. The predicted octanol–water partition coefficient (Wildman–Crippen LogP) is 2.58. The number of rotatable bonds is 3. The summed E-state index contributed by atoms with van der Waals surface area (Å²) in [5.74, 6) is -1.88. The highest BCUT2D eigenvalue weighted by atomic mass is 32.1. The number of carbonyl (C=O) groups excluding carboxylic acids is 1. The van der Waals surface area contributed by atoms with Gasteiger partial charge in [0.1, 0.15) is 16.8 Å². The summed E-state index contributed by atoms with van der Waals surface area (Å²) in [5, 5.41) is 21.2. The third kappa shape index (κ3) is 2.75. The van der Waals surface area contributed by atoms with Gasteiger partial charge >= 0.3 is 5.97 Å². The van der Waals surface area contributed by atoms with E-state index in [9.17, 15) is 9.59 Å². The number of thiophene rings is 1. The van der Waals surface area contributed by atoms with Crippen molar-refractivity contribution < 1.29 is 14.7 Å². The molecule has 0 radical (unpaired) electrons. The highest BCUT2D eigenvalue weighted by molar-refractivity contribution is 7.16. The second-order valence-electron chi connectivity index (χ2n) is 4.26. The second kappa shape index (κ2) is 5.73. The summed E-state index contributed by atoms with van der Waals surface area (Å²) >= 11 is 1.27. The number of hydrogen-bond acceptors (Lipinski definition) is 5. The third-order valence-electron chi connectivity index (χ3n) is 2.98. The van der Waals surface area contributed by atoms with Gasteiger partial charge in [0.25, 0.3) is 5.91 Å². The lowest BCUT2D eigenvalue weighted by Crippen LogP contribution is -2.18. The van der Waals surface area contributed by atoms with Crippen molar-refractivity contribution >= 4 is 28.2 Å². The first-order valence-corrected chi connectivity index (χ1v) is 6.77. The van der Waals surface area contributed by atoms with Crippen LogP contribution in [0.3, 0.4) is 0 Å². The van der Waals surface area contributed by atoms with E-state index in [1.54, 1.807) is 6.92 Å². The molecule has 0 unspecified atom stereocenters. The maximum atomic E-state index is 12.2. The van der Waals surface area contributed by atoms with Gasteiger partial charge in [0.05, 0.1) is 11.1 Å². The molecule has 0 fully saturated rings. The topological polar surface area (TPSA) is 103 Å². The number of nitrogens with one attached hydrogen (secondary N) is 1. The summed E-state index contributed by atoms with van der Waals surface area (Å²) in [5.41, 5.74) is 0.826. The Labute approximate surface area is 124 Å². The van der Waals surface area contributed by atoms with Crippen LogP contribution in [0.25, 0.3) is 0 Å². The molecule has 0 aliphatic heterocycles. The second-order valence-corrected chi connectivity index (χ2v) is 5.48. The van der Waals surface area contributed by atoms with Gasteiger partial charge in [-0.2, -0.15) is 5.26 Å². The van der Waals surface area contributed by atoms with Crippen molar-refractivity contribution in [1.82, 2.24) is 4.98 Å². The minimum atomic E-state index is -1.23. The summed E-state index contributed by atoms with van der Waals surface area (Å²) in [6.07, 6.45) is 1.34. The number of amides is 1. The highest BCUT2D eigenvalue weighted by Crippen LogP contribution is 2.31. The fourth-order valence-electron chi connectivity index (χ4n) is 1.77. The molecule has 2 heterocycles. The van der Waals surface area contributed by atoms with Crippen LogP contribution < -0.4 is 5.32 Å². The summed E-state index contributed by atoms with van der Waals surface area (Å²) in [6.45, 7) is 3.64. The molecule has 0 saturated heterocycles. The van der Waals surface area contributed by atoms with E-state index in [0.29, 0.717) is 10.6 Å². The Balaban J connectivity index is 2.38. The van der Waals surface area contributed by atoms with Crippen LogP contribution in [0.1, 0.15) is 36.9 Å². The smallest absolute Gasteiger partial charge is 0.338 e. The van der Waals surface area contributed by atoms with Gasteiger partial charge in [-0.1, -0.05) is 0 Å². The molecule has 2 aromatic rings. The molecular formula is C14H11N3O3S. The van der Waals surface area contributed by atoms with Crippen molar-refractivity contribution in [2.24, 2.45) is 0 Å². The fourth-order valence-corrected chi connectivity index (χ4v) is 2.78. The average Bonchev–Trinajstić information content (AvgIpc) is 2.73. The van der Waals surface area contributed by atoms with Crippen molar-refractivity contribution in [1.29, 1.82) is 5.26 Å². The number of nitrogens with zero attached hydrogens (tertiary/aromatic N) is 2. The van der Waals surface area contributed by atoms with Crippen molar-refractivity contribution in [2.75, 3.05) is 5.32 Å². The number of carboxylic acids is 1. The summed E-state index contributed by atoms with van der Waals surface area (Å²) in [6, 6.07) is 4.79. The number of aryl methyl sites for hydroxylation is 1. The number of hydrogen-bond donors (Lipinski definition) is 2. The van der Waals surface area contributed by atoms with E-state index in [2.05, 4.69) is 10.3 Å². The zero-order chi connectivity index (χ0) is 15.6. The van der Waals surface area contributed by atoms with Crippen molar-refractivity contribution in [3.63, 3.8) is 0 Å². The molecule has 6 nitrogen and oxygen atoms in total. The van der Waals surface area contributed by atoms with Crippen LogP contribution in [0.4, 0.5) is 5.00 Å². The number of anilines is 1. The molecule has 2 N–H and O–H groups in total. The van der Waals surface area contributed by atoms with Crippen LogP contribution in [0, 0.1) is 25.2 Å². The van der Waals surface area contributed by atoms with E-state index < -0.39 is 11.9 Å². The zero-order valence-electron chi connectivity index (χ0n) is 11.3. The van der Waals surface area contributed by atoms with Gasteiger partial charge in [-0.25, -0.2) is 4.79 Å². The number of aromatic carboxylic acids is 1. The van der Waals surface area contributed by atoms with E-state index in [1.807, 2.05) is 13.0 Å². The van der Waals surface area contributed by atoms with Crippen molar-refractivity contribution in [2.45, 2.75) is 13.8 Å². The van der Waals surface area contributed by atoms with E-state index in [-0.39, 0.29) is 11.3 Å². The maximum absolute atomic E-state index is 12.2. The molecule has 2 aromatic heterocycles. The number of aromatic nitrogens is 1. The number of pyridine rings is 1. The van der Waals surface area contributed by atoms with Gasteiger partial charge in [0.15, 0.2) is 0 Å². The van der Waals surface area contributed by atoms with Crippen molar-refractivity contribution in [3.05, 3.63) is 45.6 Å². The highest BCUT2D eigenvalue weighted by Gasteiger charge is 2.20. The van der Waals surface area contributed by atoms with Crippen LogP contribution in [-0.4, -0.2) is 22.0 Å². The molecule has 0 spiro atoms. The molecule has 21 heavy (non-hydrogen) atoms. The van der Waals surface area contributed by atoms with Crippen LogP contribution >= 0.6 is 11.3 Å². The van der Waals surface area contributed by atoms with Gasteiger partial charge in [-0.05, 0) is 31.5 Å². The molecule has 0 atom stereocenters. The molecule has 0 saturated carbocycles. The monoisotopic (exact) mass is 301 g/mol. The normalized spacial score (nSPS) is 9.95. The summed E-state index contributed by atoms with van der Waals surface area (Å²) in [4.78, 5) is 28.0. The Hall–Kier alpha value is -2.72. The lowest BCUT2D eigenvalue weighted by Gasteiger charge is -2.05. The SMILES string of the molecule is Cc1sc(NC(=O)c2ncccc2C(=O)O)c(C#N)c1C. The van der Waals surface area contributed by atoms with E-state index in [1.165, 1.54) is 29.7 Å². The van der Waals surface area contributed by atoms with Crippen LogP contribution in [0.2, 0.25) is 0 Å². The van der Waals surface area contributed by atoms with Gasteiger partial charge in [-0.3, -0.25) is 9.78 Å². The van der Waals surface area contributed by atoms with Gasteiger partial charge in [0.2, 0.25) is 0 Å². The van der Waals surface area contributed by atoms with E-state index in [4.69, 9.17) is 10.4 Å². The van der Waals surface area contributed by atoms with Gasteiger partial charge < -0.3 is 10.4 Å². The minimum Gasteiger partial charge on any atom is -0.478 e. The van der Waals surface area contributed by atoms with Crippen LogP contribution in [0.5, 0.6) is 0 Å². The molecule has 2 rings (SSSR count). The Bertz CT molecular complexity index is 774. The molecule has 0 aliphatic rings. The standard InChI is InChI=1S/C14H11N3O3S/c1-7-8(2)21-13(10(7)6-15)17-12(18)11-9(14(19)20)4-3-5-16-11/h3-5H,1-2H3,(H,17,18)(H,19,20). The molecule has 1 amide bonds. The third-order valence-corrected chi connectivity index (χ3v) is 4.10. The van der Waals surface area contributed by atoms with Gasteiger partial charge in [-0.15, -0.1) is 11.3 Å². The Morgan fingerprint density at radius 2 is 2.14 bits per heavy atom.